The molecule has 0 atom stereocenters. The van der Waals surface area contributed by atoms with Gasteiger partial charge in [-0.05, 0) is 28.4 Å². The Kier molecular flexibility index (Phi) is 3.82. The van der Waals surface area contributed by atoms with Crippen LogP contribution in [-0.4, -0.2) is 28.0 Å². The molecular formula is C11H13BrN4OS. The lowest BCUT2D eigenvalue weighted by atomic mass is 10.3. The second-order valence-electron chi connectivity index (χ2n) is 4.16. The molecule has 0 unspecified atom stereocenters. The SMILES string of the molecule is Cc1cc(=O)n(Cc2nsc(N(C)C)n2)cc1Br. The molecule has 0 bridgehead atoms. The Morgan fingerprint density at radius 3 is 2.83 bits per heavy atom. The molecule has 2 aromatic heterocycles. The maximum Gasteiger partial charge on any atom is 0.251 e. The zero-order valence-corrected chi connectivity index (χ0v) is 12.7. The lowest BCUT2D eigenvalue weighted by molar-refractivity contribution is 0.721. The van der Waals surface area contributed by atoms with E-state index >= 15 is 0 Å². The smallest absolute Gasteiger partial charge is 0.251 e. The fraction of sp³-hybridized carbons (Fsp3) is 0.364. The quantitative estimate of drug-likeness (QED) is 0.863. The summed E-state index contributed by atoms with van der Waals surface area (Å²) in [6.45, 7) is 2.28. The number of halogens is 1. The first-order valence-corrected chi connectivity index (χ1v) is 6.90. The van der Waals surface area contributed by atoms with Crippen molar-refractivity contribution >= 4 is 32.6 Å². The second-order valence-corrected chi connectivity index (χ2v) is 5.74. The third-order valence-corrected chi connectivity index (χ3v) is 4.17. The van der Waals surface area contributed by atoms with Gasteiger partial charge in [-0.25, -0.2) is 4.98 Å². The molecule has 0 saturated carbocycles. The Labute approximate surface area is 117 Å². The van der Waals surface area contributed by atoms with E-state index in [9.17, 15) is 4.79 Å². The number of anilines is 1. The van der Waals surface area contributed by atoms with Crippen molar-refractivity contribution in [3.8, 4) is 0 Å². The van der Waals surface area contributed by atoms with E-state index in [2.05, 4.69) is 25.3 Å². The topological polar surface area (TPSA) is 51.0 Å². The second kappa shape index (κ2) is 5.19. The number of nitrogens with zero attached hydrogens (tertiary/aromatic N) is 4. The molecular weight excluding hydrogens is 316 g/mol. The van der Waals surface area contributed by atoms with Crippen molar-refractivity contribution in [3.63, 3.8) is 0 Å². The van der Waals surface area contributed by atoms with E-state index < -0.39 is 0 Å². The maximum atomic E-state index is 11.8. The first kappa shape index (κ1) is 13.2. The van der Waals surface area contributed by atoms with Crippen molar-refractivity contribution in [2.75, 3.05) is 19.0 Å². The fourth-order valence-electron chi connectivity index (χ4n) is 1.41. The van der Waals surface area contributed by atoms with Gasteiger partial charge in [0, 0.05) is 42.4 Å². The van der Waals surface area contributed by atoms with E-state index in [1.807, 2.05) is 25.9 Å². The number of rotatable bonds is 3. The average molecular weight is 329 g/mol. The Morgan fingerprint density at radius 1 is 1.50 bits per heavy atom. The molecule has 0 saturated heterocycles. The minimum absolute atomic E-state index is 0.0445. The average Bonchev–Trinajstić information content (AvgIpc) is 2.74. The van der Waals surface area contributed by atoms with Crippen LogP contribution in [0.15, 0.2) is 21.5 Å². The van der Waals surface area contributed by atoms with Crippen LogP contribution in [0.1, 0.15) is 11.4 Å². The number of aryl methyl sites for hydroxylation is 1. The molecule has 0 aliphatic carbocycles. The summed E-state index contributed by atoms with van der Waals surface area (Å²) < 4.78 is 6.74. The third-order valence-electron chi connectivity index (χ3n) is 2.42. The van der Waals surface area contributed by atoms with Crippen molar-refractivity contribution in [1.82, 2.24) is 13.9 Å². The highest BCUT2D eigenvalue weighted by molar-refractivity contribution is 9.10. The van der Waals surface area contributed by atoms with Crippen molar-refractivity contribution in [3.05, 3.63) is 38.5 Å². The molecule has 18 heavy (non-hydrogen) atoms. The van der Waals surface area contributed by atoms with Gasteiger partial charge in [0.25, 0.3) is 5.56 Å². The van der Waals surface area contributed by atoms with Crippen LogP contribution in [0.2, 0.25) is 0 Å². The van der Waals surface area contributed by atoms with Crippen molar-refractivity contribution < 1.29 is 0 Å². The number of hydrogen-bond acceptors (Lipinski definition) is 5. The van der Waals surface area contributed by atoms with Gasteiger partial charge in [0.05, 0.1) is 6.54 Å². The van der Waals surface area contributed by atoms with Gasteiger partial charge in [-0.2, -0.15) is 4.37 Å². The predicted octanol–water partition coefficient (Wildman–Crippen LogP) is 1.89. The predicted molar refractivity (Wildman–Crippen MR) is 76.5 cm³/mol. The lowest BCUT2D eigenvalue weighted by Crippen LogP contribution is -2.20. The normalized spacial score (nSPS) is 10.7. The van der Waals surface area contributed by atoms with Gasteiger partial charge in [-0.1, -0.05) is 0 Å². The van der Waals surface area contributed by atoms with Gasteiger partial charge >= 0.3 is 0 Å². The fourth-order valence-corrected chi connectivity index (χ4v) is 2.36. The highest BCUT2D eigenvalue weighted by Crippen LogP contribution is 2.16. The molecule has 0 aromatic carbocycles. The van der Waals surface area contributed by atoms with Gasteiger partial charge in [0.1, 0.15) is 0 Å². The van der Waals surface area contributed by atoms with Crippen molar-refractivity contribution in [2.24, 2.45) is 0 Å². The third kappa shape index (κ3) is 2.78. The van der Waals surface area contributed by atoms with E-state index in [-0.39, 0.29) is 5.56 Å². The minimum Gasteiger partial charge on any atom is -0.353 e. The highest BCUT2D eigenvalue weighted by atomic mass is 79.9. The molecule has 0 aliphatic rings. The summed E-state index contributed by atoms with van der Waals surface area (Å²) in [6.07, 6.45) is 1.77. The van der Waals surface area contributed by atoms with Crippen LogP contribution in [-0.2, 0) is 6.54 Å². The Balaban J connectivity index is 2.28. The van der Waals surface area contributed by atoms with Crippen LogP contribution >= 0.6 is 27.5 Å². The van der Waals surface area contributed by atoms with Crippen LogP contribution in [0.3, 0.4) is 0 Å². The van der Waals surface area contributed by atoms with Gasteiger partial charge in [-0.15, -0.1) is 0 Å². The van der Waals surface area contributed by atoms with Crippen molar-refractivity contribution in [1.29, 1.82) is 0 Å². The van der Waals surface area contributed by atoms with Gasteiger partial charge in [0.15, 0.2) is 5.82 Å². The van der Waals surface area contributed by atoms with Crippen LogP contribution in [0.5, 0.6) is 0 Å². The molecule has 96 valence electrons. The zero-order chi connectivity index (χ0) is 13.3. The summed E-state index contributed by atoms with van der Waals surface area (Å²) in [5, 5.41) is 0.837. The Morgan fingerprint density at radius 2 is 2.22 bits per heavy atom. The summed E-state index contributed by atoms with van der Waals surface area (Å²) in [4.78, 5) is 18.1. The molecule has 0 spiro atoms. The maximum absolute atomic E-state index is 11.8. The van der Waals surface area contributed by atoms with Crippen LogP contribution in [0, 0.1) is 6.92 Å². The molecule has 0 fully saturated rings. The molecule has 0 aliphatic heterocycles. The first-order valence-electron chi connectivity index (χ1n) is 5.34. The monoisotopic (exact) mass is 328 g/mol. The Hall–Kier alpha value is -1.21. The summed E-state index contributed by atoms with van der Waals surface area (Å²) in [6, 6.07) is 1.60. The summed E-state index contributed by atoms with van der Waals surface area (Å²) >= 11 is 4.74. The molecule has 2 rings (SSSR count). The number of hydrogen-bond donors (Lipinski definition) is 0. The van der Waals surface area contributed by atoms with Crippen LogP contribution in [0.4, 0.5) is 5.13 Å². The number of pyridine rings is 1. The summed E-state index contributed by atoms with van der Waals surface area (Å²) in [5.74, 6) is 0.654. The Bertz CT molecular complexity index is 620. The largest absolute Gasteiger partial charge is 0.353 e. The van der Waals surface area contributed by atoms with Crippen LogP contribution < -0.4 is 10.5 Å². The van der Waals surface area contributed by atoms with E-state index in [0.29, 0.717) is 12.4 Å². The van der Waals surface area contributed by atoms with Crippen molar-refractivity contribution in [2.45, 2.75) is 13.5 Å². The van der Waals surface area contributed by atoms with Gasteiger partial charge in [-0.3, -0.25) is 4.79 Å². The van der Waals surface area contributed by atoms with E-state index in [0.717, 1.165) is 15.2 Å². The highest BCUT2D eigenvalue weighted by Gasteiger charge is 2.08. The number of aromatic nitrogens is 3. The molecule has 2 aromatic rings. The molecule has 2 heterocycles. The summed E-state index contributed by atoms with van der Waals surface area (Å²) in [7, 11) is 3.83. The van der Waals surface area contributed by atoms with Gasteiger partial charge in [0.2, 0.25) is 5.13 Å². The lowest BCUT2D eigenvalue weighted by Gasteiger charge is -2.06. The van der Waals surface area contributed by atoms with E-state index in [1.165, 1.54) is 11.5 Å². The minimum atomic E-state index is -0.0445. The van der Waals surface area contributed by atoms with Gasteiger partial charge < -0.3 is 9.47 Å². The molecule has 0 N–H and O–H groups in total. The molecule has 0 radical (unpaired) electrons. The van der Waals surface area contributed by atoms with E-state index in [1.54, 1.807) is 16.8 Å². The molecule has 5 nitrogen and oxygen atoms in total. The molecule has 7 heteroatoms. The van der Waals surface area contributed by atoms with Crippen LogP contribution in [0.25, 0.3) is 0 Å². The standard InChI is InChI=1S/C11H13BrN4OS/c1-7-4-10(17)16(5-8(7)12)6-9-13-11(15(2)3)18-14-9/h4-5H,6H2,1-3H3. The first-order chi connectivity index (χ1) is 8.47. The molecule has 0 amide bonds. The summed E-state index contributed by atoms with van der Waals surface area (Å²) in [5.41, 5.74) is 0.883. The zero-order valence-electron chi connectivity index (χ0n) is 10.3. The van der Waals surface area contributed by atoms with E-state index in [4.69, 9.17) is 0 Å².